The molecular formula is C21H38N2O3. The van der Waals surface area contributed by atoms with Crippen molar-refractivity contribution < 1.29 is 14.6 Å². The fraction of sp³-hybridized carbons (Fsp3) is 0.857. The van der Waals surface area contributed by atoms with Crippen LogP contribution >= 0.6 is 0 Å². The number of piperidine rings is 1. The predicted molar refractivity (Wildman–Crippen MR) is 106 cm³/mol. The SMILES string of the molecule is C=CCOC[C@@H]1CCCN(CC2CCCCC2N(C(=O)O)C(C)(C)C)C1. The van der Waals surface area contributed by atoms with Crippen molar-refractivity contribution in [2.75, 3.05) is 32.8 Å². The second-order valence-corrected chi connectivity index (χ2v) is 9.03. The number of hydrogen-bond donors (Lipinski definition) is 1. The van der Waals surface area contributed by atoms with Crippen LogP contribution in [0.5, 0.6) is 0 Å². The molecule has 2 rings (SSSR count). The maximum atomic E-state index is 12.0. The Morgan fingerprint density at radius 3 is 2.65 bits per heavy atom. The number of carbonyl (C=O) groups is 1. The summed E-state index contributed by atoms with van der Waals surface area (Å²) in [4.78, 5) is 16.2. The Morgan fingerprint density at radius 2 is 2.00 bits per heavy atom. The van der Waals surface area contributed by atoms with Crippen molar-refractivity contribution in [1.29, 1.82) is 0 Å². The first-order valence-corrected chi connectivity index (χ1v) is 10.3. The zero-order valence-electron chi connectivity index (χ0n) is 17.0. The van der Waals surface area contributed by atoms with Gasteiger partial charge < -0.3 is 19.6 Å². The van der Waals surface area contributed by atoms with Gasteiger partial charge in [-0.15, -0.1) is 6.58 Å². The van der Waals surface area contributed by atoms with Crippen LogP contribution in [0.2, 0.25) is 0 Å². The van der Waals surface area contributed by atoms with Gasteiger partial charge in [0.15, 0.2) is 0 Å². The van der Waals surface area contributed by atoms with Gasteiger partial charge in [-0.3, -0.25) is 0 Å². The quantitative estimate of drug-likeness (QED) is 0.541. The van der Waals surface area contributed by atoms with Crippen molar-refractivity contribution in [3.8, 4) is 0 Å². The molecule has 1 heterocycles. The average Bonchev–Trinajstić information content (AvgIpc) is 2.56. The Morgan fingerprint density at radius 1 is 1.27 bits per heavy atom. The minimum Gasteiger partial charge on any atom is -0.465 e. The minimum atomic E-state index is -0.774. The number of rotatable bonds is 7. The van der Waals surface area contributed by atoms with E-state index in [4.69, 9.17) is 4.74 Å². The molecule has 150 valence electrons. The van der Waals surface area contributed by atoms with Crippen LogP contribution in [0.3, 0.4) is 0 Å². The lowest BCUT2D eigenvalue weighted by Gasteiger charge is -2.47. The molecule has 1 aliphatic carbocycles. The first kappa shape index (κ1) is 21.2. The average molecular weight is 367 g/mol. The van der Waals surface area contributed by atoms with Gasteiger partial charge in [-0.05, 0) is 64.8 Å². The molecule has 2 unspecified atom stereocenters. The molecule has 0 aromatic heterocycles. The lowest BCUT2D eigenvalue weighted by molar-refractivity contribution is 0.0124. The van der Waals surface area contributed by atoms with E-state index in [1.54, 1.807) is 11.0 Å². The van der Waals surface area contributed by atoms with E-state index in [-0.39, 0.29) is 11.6 Å². The summed E-state index contributed by atoms with van der Waals surface area (Å²) in [6, 6.07) is 0.138. The second kappa shape index (κ2) is 9.75. The fourth-order valence-corrected chi connectivity index (χ4v) is 4.77. The zero-order chi connectivity index (χ0) is 19.2. The van der Waals surface area contributed by atoms with Crippen molar-refractivity contribution in [1.82, 2.24) is 9.80 Å². The number of amides is 1. The van der Waals surface area contributed by atoms with Crippen LogP contribution in [-0.2, 0) is 4.74 Å². The zero-order valence-corrected chi connectivity index (χ0v) is 17.0. The van der Waals surface area contributed by atoms with Crippen molar-refractivity contribution in [3.63, 3.8) is 0 Å². The fourth-order valence-electron chi connectivity index (χ4n) is 4.77. The molecule has 5 nitrogen and oxygen atoms in total. The van der Waals surface area contributed by atoms with Gasteiger partial charge in [0, 0.05) is 24.7 Å². The predicted octanol–water partition coefficient (Wildman–Crippen LogP) is 4.24. The first-order valence-electron chi connectivity index (χ1n) is 10.3. The van der Waals surface area contributed by atoms with E-state index in [0.29, 0.717) is 18.4 Å². The Bertz CT molecular complexity index is 461. The molecule has 1 N–H and O–H groups in total. The molecule has 1 saturated carbocycles. The van der Waals surface area contributed by atoms with Crippen LogP contribution in [0, 0.1) is 11.8 Å². The summed E-state index contributed by atoms with van der Waals surface area (Å²) in [5.41, 5.74) is -0.352. The number of hydrogen-bond acceptors (Lipinski definition) is 3. The smallest absolute Gasteiger partial charge is 0.407 e. The molecule has 1 amide bonds. The van der Waals surface area contributed by atoms with Crippen molar-refractivity contribution in [2.45, 2.75) is 70.9 Å². The second-order valence-electron chi connectivity index (χ2n) is 9.03. The van der Waals surface area contributed by atoms with Crippen molar-refractivity contribution >= 4 is 6.09 Å². The summed E-state index contributed by atoms with van der Waals surface area (Å²) in [7, 11) is 0. The highest BCUT2D eigenvalue weighted by molar-refractivity contribution is 5.66. The van der Waals surface area contributed by atoms with E-state index in [0.717, 1.165) is 45.5 Å². The molecule has 0 radical (unpaired) electrons. The van der Waals surface area contributed by atoms with Crippen LogP contribution < -0.4 is 0 Å². The highest BCUT2D eigenvalue weighted by Crippen LogP contribution is 2.34. The summed E-state index contributed by atoms with van der Waals surface area (Å²) in [5, 5.41) is 9.84. The van der Waals surface area contributed by atoms with E-state index in [1.807, 2.05) is 20.8 Å². The van der Waals surface area contributed by atoms with Gasteiger partial charge in [0.25, 0.3) is 0 Å². The van der Waals surface area contributed by atoms with E-state index >= 15 is 0 Å². The van der Waals surface area contributed by atoms with E-state index in [2.05, 4.69) is 11.5 Å². The van der Waals surface area contributed by atoms with Crippen molar-refractivity contribution in [3.05, 3.63) is 12.7 Å². The third kappa shape index (κ3) is 5.98. The van der Waals surface area contributed by atoms with E-state index in [9.17, 15) is 9.90 Å². The molecule has 2 fully saturated rings. The monoisotopic (exact) mass is 366 g/mol. The van der Waals surface area contributed by atoms with Crippen LogP contribution in [0.15, 0.2) is 12.7 Å². The van der Waals surface area contributed by atoms with Gasteiger partial charge in [-0.25, -0.2) is 4.79 Å². The first-order chi connectivity index (χ1) is 12.3. The number of nitrogens with zero attached hydrogens (tertiary/aromatic N) is 2. The number of likely N-dealkylation sites (tertiary alicyclic amines) is 1. The Labute approximate surface area is 159 Å². The Kier molecular flexibility index (Phi) is 7.96. The molecule has 0 aromatic carbocycles. The normalized spacial score (nSPS) is 27.9. The minimum absolute atomic E-state index is 0.138. The summed E-state index contributed by atoms with van der Waals surface area (Å²) in [6.45, 7) is 14.4. The topological polar surface area (TPSA) is 53.0 Å². The van der Waals surface area contributed by atoms with Crippen LogP contribution in [0.25, 0.3) is 0 Å². The number of ether oxygens (including phenoxy) is 1. The van der Waals surface area contributed by atoms with E-state index in [1.165, 1.54) is 19.3 Å². The summed E-state index contributed by atoms with van der Waals surface area (Å²) in [5.74, 6) is 1.02. The third-order valence-corrected chi connectivity index (χ3v) is 5.81. The molecule has 0 aromatic rings. The van der Waals surface area contributed by atoms with Gasteiger partial charge in [-0.1, -0.05) is 18.9 Å². The summed E-state index contributed by atoms with van der Waals surface area (Å²) < 4.78 is 5.67. The largest absolute Gasteiger partial charge is 0.465 e. The summed E-state index contributed by atoms with van der Waals surface area (Å²) >= 11 is 0. The van der Waals surface area contributed by atoms with Gasteiger partial charge in [0.2, 0.25) is 0 Å². The maximum absolute atomic E-state index is 12.0. The van der Waals surface area contributed by atoms with Gasteiger partial charge in [0.1, 0.15) is 0 Å². The van der Waals surface area contributed by atoms with Gasteiger partial charge in [0.05, 0.1) is 13.2 Å². The molecule has 5 heteroatoms. The van der Waals surface area contributed by atoms with Gasteiger partial charge >= 0.3 is 6.09 Å². The molecule has 0 bridgehead atoms. The summed E-state index contributed by atoms with van der Waals surface area (Å²) in [6.07, 6.45) is 7.96. The van der Waals surface area contributed by atoms with E-state index < -0.39 is 6.09 Å². The molecule has 1 saturated heterocycles. The lowest BCUT2D eigenvalue weighted by atomic mass is 9.81. The maximum Gasteiger partial charge on any atom is 0.407 e. The molecule has 3 atom stereocenters. The molecule has 26 heavy (non-hydrogen) atoms. The number of carboxylic acid groups (broad SMARTS) is 1. The third-order valence-electron chi connectivity index (χ3n) is 5.81. The highest BCUT2D eigenvalue weighted by Gasteiger charge is 2.39. The molecule has 2 aliphatic rings. The molecular weight excluding hydrogens is 328 g/mol. The lowest BCUT2D eigenvalue weighted by Crippen LogP contribution is -2.56. The van der Waals surface area contributed by atoms with Crippen LogP contribution in [0.4, 0.5) is 4.79 Å². The Balaban J connectivity index is 1.98. The molecule has 0 spiro atoms. The standard InChI is InChI=1S/C21H38N2O3/c1-5-13-26-16-17-9-8-12-22(14-17)15-18-10-6-7-11-19(18)23(20(24)25)21(2,3)4/h5,17-19H,1,6-16H2,2-4H3,(H,24,25)/t17-,18?,19?/m1/s1. The van der Waals surface area contributed by atoms with Crippen LogP contribution in [0.1, 0.15) is 59.3 Å². The Hall–Kier alpha value is -1.07. The van der Waals surface area contributed by atoms with Crippen LogP contribution in [-0.4, -0.2) is 65.4 Å². The molecule has 1 aliphatic heterocycles. The highest BCUT2D eigenvalue weighted by atomic mass is 16.5. The van der Waals surface area contributed by atoms with Gasteiger partial charge in [-0.2, -0.15) is 0 Å². The van der Waals surface area contributed by atoms with Crippen molar-refractivity contribution in [2.24, 2.45) is 11.8 Å².